The average Bonchev–Trinajstić information content (AvgIpc) is 2.57. The highest BCUT2D eigenvalue weighted by molar-refractivity contribution is 6.19. The number of hydrogen-bond acceptors (Lipinski definition) is 2. The maximum absolute atomic E-state index is 11.6. The molecule has 0 spiro atoms. The molecule has 4 nitrogen and oxygen atoms in total. The fourth-order valence-corrected chi connectivity index (χ4v) is 1.37. The highest BCUT2D eigenvalue weighted by atomic mass is 35.5. The molecular formula is C10H16ClN3O. The molecule has 1 heterocycles. The fourth-order valence-electron chi connectivity index (χ4n) is 1.23. The quantitative estimate of drug-likeness (QED) is 0.801. The summed E-state index contributed by atoms with van der Waals surface area (Å²) in [6.07, 6.45) is 2.60. The first-order chi connectivity index (χ1) is 7.08. The van der Waals surface area contributed by atoms with Crippen molar-refractivity contribution in [1.82, 2.24) is 9.78 Å². The van der Waals surface area contributed by atoms with E-state index in [1.54, 1.807) is 17.8 Å². The van der Waals surface area contributed by atoms with Gasteiger partial charge in [0.15, 0.2) is 0 Å². The molecular weight excluding hydrogens is 214 g/mol. The van der Waals surface area contributed by atoms with E-state index in [1.807, 2.05) is 14.0 Å². The van der Waals surface area contributed by atoms with E-state index < -0.39 is 0 Å². The Morgan fingerprint density at radius 3 is 2.93 bits per heavy atom. The summed E-state index contributed by atoms with van der Waals surface area (Å²) in [5.41, 5.74) is 1.68. The van der Waals surface area contributed by atoms with Gasteiger partial charge in [0.25, 0.3) is 0 Å². The molecule has 1 aromatic heterocycles. The third-order valence-corrected chi connectivity index (χ3v) is 2.64. The van der Waals surface area contributed by atoms with Crippen LogP contribution >= 0.6 is 11.6 Å². The van der Waals surface area contributed by atoms with Gasteiger partial charge in [-0.05, 0) is 6.42 Å². The molecule has 5 heteroatoms. The van der Waals surface area contributed by atoms with E-state index in [2.05, 4.69) is 10.4 Å². The lowest BCUT2D eigenvalue weighted by molar-refractivity contribution is -0.118. The zero-order valence-corrected chi connectivity index (χ0v) is 10.0. The second kappa shape index (κ2) is 5.16. The van der Waals surface area contributed by atoms with E-state index in [1.165, 1.54) is 0 Å². The predicted molar refractivity (Wildman–Crippen MR) is 61.1 cm³/mol. The molecule has 1 atom stereocenters. The molecule has 1 amide bonds. The number of anilines is 1. The minimum absolute atomic E-state index is 0.0623. The van der Waals surface area contributed by atoms with Gasteiger partial charge in [-0.1, -0.05) is 13.8 Å². The van der Waals surface area contributed by atoms with Gasteiger partial charge in [0, 0.05) is 25.0 Å². The van der Waals surface area contributed by atoms with Gasteiger partial charge in [0.1, 0.15) is 0 Å². The van der Waals surface area contributed by atoms with Crippen LogP contribution in [0.15, 0.2) is 6.20 Å². The fraction of sp³-hybridized carbons (Fsp3) is 0.600. The van der Waals surface area contributed by atoms with Crippen molar-refractivity contribution in [3.05, 3.63) is 11.9 Å². The summed E-state index contributed by atoms with van der Waals surface area (Å²) in [5, 5.41) is 7.06. The smallest absolute Gasteiger partial charge is 0.228 e. The van der Waals surface area contributed by atoms with Crippen LogP contribution in [0.4, 0.5) is 5.69 Å². The predicted octanol–water partition coefficient (Wildman–Crippen LogP) is 1.80. The normalized spacial score (nSPS) is 12.5. The summed E-state index contributed by atoms with van der Waals surface area (Å²) in [5.74, 6) is 0.0809. The maximum atomic E-state index is 11.6. The largest absolute Gasteiger partial charge is 0.323 e. The minimum atomic E-state index is -0.184. The van der Waals surface area contributed by atoms with Crippen LogP contribution in [0.25, 0.3) is 0 Å². The lowest BCUT2D eigenvalue weighted by Gasteiger charge is -2.08. The van der Waals surface area contributed by atoms with Crippen LogP contribution in [0.2, 0.25) is 0 Å². The number of nitrogens with zero attached hydrogens (tertiary/aromatic N) is 2. The highest BCUT2D eigenvalue weighted by Crippen LogP contribution is 2.15. The van der Waals surface area contributed by atoms with E-state index in [0.717, 1.165) is 17.8 Å². The minimum Gasteiger partial charge on any atom is -0.323 e. The Hall–Kier alpha value is -1.03. The summed E-state index contributed by atoms with van der Waals surface area (Å²) < 4.78 is 1.69. The van der Waals surface area contributed by atoms with Crippen molar-refractivity contribution in [2.75, 3.05) is 11.2 Å². The Balaban J connectivity index is 2.75. The van der Waals surface area contributed by atoms with Gasteiger partial charge in [-0.3, -0.25) is 9.48 Å². The molecule has 0 bridgehead atoms. The van der Waals surface area contributed by atoms with Crippen molar-refractivity contribution in [3.63, 3.8) is 0 Å². The molecule has 0 saturated heterocycles. The number of halogens is 1. The number of alkyl halides is 1. The van der Waals surface area contributed by atoms with Crippen molar-refractivity contribution < 1.29 is 4.79 Å². The molecule has 0 radical (unpaired) electrons. The van der Waals surface area contributed by atoms with Gasteiger partial charge in [-0.2, -0.15) is 5.10 Å². The van der Waals surface area contributed by atoms with Gasteiger partial charge in [-0.25, -0.2) is 0 Å². The summed E-state index contributed by atoms with van der Waals surface area (Å²) in [6, 6.07) is 0. The van der Waals surface area contributed by atoms with Crippen molar-refractivity contribution in [2.45, 2.75) is 20.3 Å². The van der Waals surface area contributed by atoms with Gasteiger partial charge < -0.3 is 5.32 Å². The molecule has 1 rings (SSSR count). The number of hydrogen-bond donors (Lipinski definition) is 1. The van der Waals surface area contributed by atoms with Crippen LogP contribution in [-0.4, -0.2) is 21.6 Å². The summed E-state index contributed by atoms with van der Waals surface area (Å²) in [6.45, 7) is 3.80. The van der Waals surface area contributed by atoms with E-state index in [9.17, 15) is 4.79 Å². The van der Waals surface area contributed by atoms with Crippen LogP contribution in [-0.2, 0) is 18.3 Å². The van der Waals surface area contributed by atoms with E-state index in [0.29, 0.717) is 5.88 Å². The topological polar surface area (TPSA) is 46.9 Å². The number of amides is 1. The van der Waals surface area contributed by atoms with Gasteiger partial charge >= 0.3 is 0 Å². The number of carbonyl (C=O) groups is 1. The Labute approximate surface area is 94.6 Å². The van der Waals surface area contributed by atoms with Crippen LogP contribution in [0, 0.1) is 5.92 Å². The standard InChI is InChI=1S/C10H16ClN3O/c1-4-8-9(6-14(3)13-8)12-10(15)7(2)5-11/h6-7H,4-5H2,1-3H3,(H,12,15). The number of aromatic nitrogens is 2. The van der Waals surface area contributed by atoms with Crippen LogP contribution in [0.5, 0.6) is 0 Å². The molecule has 0 aromatic carbocycles. The van der Waals surface area contributed by atoms with Crippen LogP contribution < -0.4 is 5.32 Å². The lowest BCUT2D eigenvalue weighted by atomic mass is 10.2. The van der Waals surface area contributed by atoms with Crippen molar-refractivity contribution in [2.24, 2.45) is 13.0 Å². The summed E-state index contributed by atoms with van der Waals surface area (Å²) in [4.78, 5) is 11.6. The average molecular weight is 230 g/mol. The van der Waals surface area contributed by atoms with Crippen molar-refractivity contribution >= 4 is 23.2 Å². The van der Waals surface area contributed by atoms with E-state index >= 15 is 0 Å². The second-order valence-corrected chi connectivity index (χ2v) is 3.87. The molecule has 1 aromatic rings. The Morgan fingerprint density at radius 2 is 2.40 bits per heavy atom. The lowest BCUT2D eigenvalue weighted by Crippen LogP contribution is -2.21. The van der Waals surface area contributed by atoms with Gasteiger partial charge in [0.2, 0.25) is 5.91 Å². The van der Waals surface area contributed by atoms with Crippen molar-refractivity contribution in [3.8, 4) is 0 Å². The molecule has 84 valence electrons. The third-order valence-electron chi connectivity index (χ3n) is 2.18. The SMILES string of the molecule is CCc1nn(C)cc1NC(=O)C(C)CCl. The van der Waals surface area contributed by atoms with Gasteiger partial charge in [0.05, 0.1) is 11.4 Å². The second-order valence-electron chi connectivity index (χ2n) is 3.56. The molecule has 1 N–H and O–H groups in total. The maximum Gasteiger partial charge on any atom is 0.228 e. The Bertz CT molecular complexity index is 348. The molecule has 0 aliphatic heterocycles. The molecule has 0 fully saturated rings. The summed E-state index contributed by atoms with van der Waals surface area (Å²) in [7, 11) is 1.83. The Kier molecular flexibility index (Phi) is 4.15. The molecule has 15 heavy (non-hydrogen) atoms. The molecule has 0 aliphatic carbocycles. The number of carbonyl (C=O) groups excluding carboxylic acids is 1. The first-order valence-electron chi connectivity index (χ1n) is 4.97. The molecule has 0 saturated carbocycles. The van der Waals surface area contributed by atoms with Gasteiger partial charge in [-0.15, -0.1) is 11.6 Å². The summed E-state index contributed by atoms with van der Waals surface area (Å²) >= 11 is 5.61. The third kappa shape index (κ3) is 2.96. The number of rotatable bonds is 4. The van der Waals surface area contributed by atoms with Crippen LogP contribution in [0.1, 0.15) is 19.5 Å². The first kappa shape index (κ1) is 12.0. The monoisotopic (exact) mass is 229 g/mol. The van der Waals surface area contributed by atoms with E-state index in [-0.39, 0.29) is 11.8 Å². The molecule has 0 aliphatic rings. The van der Waals surface area contributed by atoms with E-state index in [4.69, 9.17) is 11.6 Å². The zero-order chi connectivity index (χ0) is 11.4. The highest BCUT2D eigenvalue weighted by Gasteiger charge is 2.14. The zero-order valence-electron chi connectivity index (χ0n) is 9.25. The Morgan fingerprint density at radius 1 is 1.73 bits per heavy atom. The van der Waals surface area contributed by atoms with Crippen LogP contribution in [0.3, 0.4) is 0 Å². The first-order valence-corrected chi connectivity index (χ1v) is 5.51. The number of aryl methyl sites for hydroxylation is 2. The number of nitrogens with one attached hydrogen (secondary N) is 1. The molecule has 1 unspecified atom stereocenters. The van der Waals surface area contributed by atoms with Crippen molar-refractivity contribution in [1.29, 1.82) is 0 Å².